The molecule has 21 heavy (non-hydrogen) atoms. The van der Waals surface area contributed by atoms with Crippen LogP contribution in [0.2, 0.25) is 0 Å². The van der Waals surface area contributed by atoms with Crippen molar-refractivity contribution in [1.29, 1.82) is 0 Å². The zero-order chi connectivity index (χ0) is 14.6. The van der Waals surface area contributed by atoms with Crippen LogP contribution in [0, 0.1) is 23.7 Å². The van der Waals surface area contributed by atoms with Gasteiger partial charge in [0.1, 0.15) is 9.75 Å². The molecule has 1 heterocycles. The normalized spacial score (nSPS) is 55.0. The molecule has 0 radical (unpaired) electrons. The maximum atomic E-state index is 7.09. The van der Waals surface area contributed by atoms with E-state index in [1.54, 1.807) is 0 Å². The van der Waals surface area contributed by atoms with Crippen molar-refractivity contribution >= 4 is 46.4 Å². The van der Waals surface area contributed by atoms with Crippen molar-refractivity contribution in [2.45, 2.75) is 15.5 Å². The highest BCUT2D eigenvalue weighted by atomic mass is 35.5. The van der Waals surface area contributed by atoms with Crippen molar-refractivity contribution in [3.8, 4) is 0 Å². The third-order valence-electron chi connectivity index (χ3n) is 5.74. The molecule has 0 unspecified atom stereocenters. The van der Waals surface area contributed by atoms with Gasteiger partial charge in [-0.25, -0.2) is 0 Å². The highest BCUT2D eigenvalue weighted by Crippen LogP contribution is 2.77. The number of fused-ring (bicyclic) bond motifs is 5. The largest absolute Gasteiger partial charge is 0.344 e. The number of hydrogen-bond acceptors (Lipinski definition) is 2. The molecule has 4 aliphatic carbocycles. The molecule has 112 valence electrons. The molecule has 1 spiro atoms. The molecule has 1 saturated heterocycles. The van der Waals surface area contributed by atoms with Crippen LogP contribution in [0.25, 0.3) is 0 Å². The number of rotatable bonds is 0. The number of alkyl halides is 2. The Balaban J connectivity index is 1.81. The average Bonchev–Trinajstić information content (AvgIpc) is 3.02. The van der Waals surface area contributed by atoms with E-state index < -0.39 is 15.5 Å². The lowest BCUT2D eigenvalue weighted by molar-refractivity contribution is -0.173. The molecule has 0 aromatic carbocycles. The van der Waals surface area contributed by atoms with E-state index in [1.807, 2.05) is 0 Å². The van der Waals surface area contributed by atoms with Gasteiger partial charge in [-0.3, -0.25) is 0 Å². The predicted molar refractivity (Wildman–Crippen MR) is 82.8 cm³/mol. The van der Waals surface area contributed by atoms with Crippen LogP contribution in [0.15, 0.2) is 34.4 Å². The van der Waals surface area contributed by atoms with Gasteiger partial charge in [-0.15, -0.1) is 23.2 Å². The molecule has 5 rings (SSSR count). The topological polar surface area (TPSA) is 18.5 Å². The standard InChI is InChI=1S/C15H12Cl4O2/c16-11-12(17)14(19)10-8-3-1-7(8)2-4-9(10)13(11,18)15(14)20-5-6-21-15/h1-4,7-10H,5-6H2/t7-,8-,9+,10-,13+,14+/m1/s1. The molecule has 1 aliphatic heterocycles. The van der Waals surface area contributed by atoms with Gasteiger partial charge in [0.25, 0.3) is 0 Å². The molecule has 0 amide bonds. The zero-order valence-electron chi connectivity index (χ0n) is 10.9. The second-order valence-corrected chi connectivity index (χ2v) is 8.29. The third-order valence-corrected chi connectivity index (χ3v) is 8.39. The van der Waals surface area contributed by atoms with Gasteiger partial charge in [0.05, 0.1) is 23.3 Å². The zero-order valence-corrected chi connectivity index (χ0v) is 13.9. The minimum Gasteiger partial charge on any atom is -0.344 e. The molecular formula is C15H12Cl4O2. The van der Waals surface area contributed by atoms with Crippen molar-refractivity contribution < 1.29 is 9.47 Å². The van der Waals surface area contributed by atoms with E-state index in [0.717, 1.165) is 0 Å². The summed E-state index contributed by atoms with van der Waals surface area (Å²) in [5.74, 6) is -0.486. The molecule has 0 aromatic heterocycles. The molecule has 6 atom stereocenters. The summed E-state index contributed by atoms with van der Waals surface area (Å²) in [5, 5.41) is 0.758. The third kappa shape index (κ3) is 1.14. The summed E-state index contributed by atoms with van der Waals surface area (Å²) in [6.07, 6.45) is 8.65. The Hall–Kier alpha value is 0.300. The van der Waals surface area contributed by atoms with E-state index in [4.69, 9.17) is 55.9 Å². The van der Waals surface area contributed by atoms with Crippen molar-refractivity contribution in [2.24, 2.45) is 23.7 Å². The van der Waals surface area contributed by atoms with E-state index in [0.29, 0.717) is 35.1 Å². The summed E-state index contributed by atoms with van der Waals surface area (Å²) in [6.45, 7) is 0.898. The summed E-state index contributed by atoms with van der Waals surface area (Å²) >= 11 is 27.1. The second kappa shape index (κ2) is 3.85. The van der Waals surface area contributed by atoms with E-state index in [1.165, 1.54) is 0 Å². The summed E-state index contributed by atoms with van der Waals surface area (Å²) in [5.41, 5.74) is 0. The molecule has 2 nitrogen and oxygen atoms in total. The fourth-order valence-corrected chi connectivity index (χ4v) is 7.00. The maximum Gasteiger partial charge on any atom is 0.218 e. The molecule has 2 fully saturated rings. The number of halogens is 4. The first-order valence-electron chi connectivity index (χ1n) is 7.07. The van der Waals surface area contributed by atoms with Gasteiger partial charge in [0.2, 0.25) is 5.79 Å². The predicted octanol–water partition coefficient (Wildman–Crippen LogP) is 4.01. The minimum atomic E-state index is -1.17. The SMILES string of the molecule is ClC1=C(Cl)[C@@]2(Cl)[C@H]3C=C[C@H]4C=C[C@H]4[C@H]3[C@@]1(Cl)C21OCCO1. The first-order chi connectivity index (χ1) is 9.98. The summed E-state index contributed by atoms with van der Waals surface area (Å²) < 4.78 is 12.0. The molecule has 1 saturated carbocycles. The molecule has 0 aromatic rings. The molecular weight excluding hydrogens is 354 g/mol. The molecule has 6 heteroatoms. The highest BCUT2D eigenvalue weighted by molar-refractivity contribution is 6.52. The Kier molecular flexibility index (Phi) is 2.52. The summed E-state index contributed by atoms with van der Waals surface area (Å²) in [7, 11) is 0. The number of allylic oxidation sites excluding steroid dienone is 4. The quantitative estimate of drug-likeness (QED) is 0.477. The van der Waals surface area contributed by atoms with Gasteiger partial charge in [0, 0.05) is 17.8 Å². The van der Waals surface area contributed by atoms with Gasteiger partial charge in [0.15, 0.2) is 0 Å². The lowest BCUT2D eigenvalue weighted by Gasteiger charge is -2.46. The Labute approximate surface area is 142 Å². The maximum absolute atomic E-state index is 7.09. The second-order valence-electron chi connectivity index (χ2n) is 6.34. The van der Waals surface area contributed by atoms with E-state index in [-0.39, 0.29) is 11.8 Å². The van der Waals surface area contributed by atoms with Crippen LogP contribution in [-0.4, -0.2) is 28.7 Å². The van der Waals surface area contributed by atoms with Crippen molar-refractivity contribution in [2.75, 3.05) is 13.2 Å². The molecule has 0 N–H and O–H groups in total. The van der Waals surface area contributed by atoms with Crippen LogP contribution in [0.1, 0.15) is 0 Å². The smallest absolute Gasteiger partial charge is 0.218 e. The highest BCUT2D eigenvalue weighted by Gasteiger charge is 2.86. The molecule has 5 aliphatic rings. The first kappa shape index (κ1) is 13.7. The van der Waals surface area contributed by atoms with Gasteiger partial charge in [-0.1, -0.05) is 47.5 Å². The Morgan fingerprint density at radius 1 is 0.905 bits per heavy atom. The Morgan fingerprint density at radius 3 is 2.14 bits per heavy atom. The van der Waals surface area contributed by atoms with Gasteiger partial charge >= 0.3 is 0 Å². The van der Waals surface area contributed by atoms with Crippen LogP contribution < -0.4 is 0 Å². The number of ether oxygens (including phenoxy) is 2. The number of hydrogen-bond donors (Lipinski definition) is 0. The van der Waals surface area contributed by atoms with Crippen LogP contribution in [0.4, 0.5) is 0 Å². The summed E-state index contributed by atoms with van der Waals surface area (Å²) in [6, 6.07) is 0. The van der Waals surface area contributed by atoms with Gasteiger partial charge in [-0.05, 0) is 5.92 Å². The van der Waals surface area contributed by atoms with Crippen LogP contribution in [-0.2, 0) is 9.47 Å². The van der Waals surface area contributed by atoms with E-state index in [2.05, 4.69) is 24.3 Å². The van der Waals surface area contributed by atoms with Gasteiger partial charge < -0.3 is 9.47 Å². The first-order valence-corrected chi connectivity index (χ1v) is 8.58. The van der Waals surface area contributed by atoms with E-state index in [9.17, 15) is 0 Å². The molecule has 2 bridgehead atoms. The summed E-state index contributed by atoms with van der Waals surface area (Å²) in [4.78, 5) is -2.06. The lowest BCUT2D eigenvalue weighted by Crippen LogP contribution is -2.56. The van der Waals surface area contributed by atoms with Gasteiger partial charge in [-0.2, -0.15) is 0 Å². The van der Waals surface area contributed by atoms with Crippen LogP contribution >= 0.6 is 46.4 Å². The fourth-order valence-electron chi connectivity index (χ4n) is 4.86. The monoisotopic (exact) mass is 364 g/mol. The van der Waals surface area contributed by atoms with E-state index >= 15 is 0 Å². The van der Waals surface area contributed by atoms with Crippen molar-refractivity contribution in [3.05, 3.63) is 34.4 Å². The Morgan fingerprint density at radius 2 is 1.52 bits per heavy atom. The van der Waals surface area contributed by atoms with Crippen LogP contribution in [0.3, 0.4) is 0 Å². The lowest BCUT2D eigenvalue weighted by atomic mass is 9.61. The minimum absolute atomic E-state index is 0.0322. The fraction of sp³-hybridized carbons (Fsp3) is 0.600. The van der Waals surface area contributed by atoms with Crippen LogP contribution in [0.5, 0.6) is 0 Å². The van der Waals surface area contributed by atoms with Crippen molar-refractivity contribution in [1.82, 2.24) is 0 Å². The Bertz CT molecular complexity index is 636. The van der Waals surface area contributed by atoms with Crippen molar-refractivity contribution in [3.63, 3.8) is 0 Å². The average molecular weight is 366 g/mol.